The number of benzene rings is 1. The lowest BCUT2D eigenvalue weighted by atomic mass is 10.2. The normalized spacial score (nSPS) is 19.8. The summed E-state index contributed by atoms with van der Waals surface area (Å²) in [7, 11) is 3.37. The molecule has 1 aliphatic heterocycles. The highest BCUT2D eigenvalue weighted by molar-refractivity contribution is 6.06. The molecule has 5 nitrogen and oxygen atoms in total. The van der Waals surface area contributed by atoms with Crippen molar-refractivity contribution in [2.24, 2.45) is 0 Å². The molecule has 0 unspecified atom stereocenters. The summed E-state index contributed by atoms with van der Waals surface area (Å²) in [5, 5.41) is 5.80. The van der Waals surface area contributed by atoms with Crippen molar-refractivity contribution in [2.75, 3.05) is 19.4 Å². The van der Waals surface area contributed by atoms with E-state index in [2.05, 4.69) is 5.32 Å². The Bertz CT molecular complexity index is 485. The molecule has 1 heterocycles. The number of nitrogens with one attached hydrogen (secondary N) is 1. The molecular formula is C13H17N3O2. The summed E-state index contributed by atoms with van der Waals surface area (Å²) in [6.45, 7) is 1.99. The predicted molar refractivity (Wildman–Crippen MR) is 68.7 cm³/mol. The van der Waals surface area contributed by atoms with Crippen molar-refractivity contribution in [3.05, 3.63) is 29.8 Å². The highest BCUT2D eigenvalue weighted by Gasteiger charge is 2.39. The predicted octanol–water partition coefficient (Wildman–Crippen LogP) is 1.01. The number of carbonyl (C=O) groups is 2. The highest BCUT2D eigenvalue weighted by atomic mass is 16.2. The number of hydrazine groups is 1. The first-order valence-corrected chi connectivity index (χ1v) is 5.86. The van der Waals surface area contributed by atoms with E-state index in [1.807, 2.05) is 31.2 Å². The standard InChI is InChI=1S/C13H17N3O2/c1-9-5-4-6-10(7-9)14-11-8-12(17)16(13(11)18)15(2)3/h4-7,11,14H,8H2,1-3H3/t11-/m0/s1. The molecule has 1 N–H and O–H groups in total. The van der Waals surface area contributed by atoms with E-state index in [4.69, 9.17) is 0 Å². The summed E-state index contributed by atoms with van der Waals surface area (Å²) in [6.07, 6.45) is 0.199. The highest BCUT2D eigenvalue weighted by Crippen LogP contribution is 2.19. The summed E-state index contributed by atoms with van der Waals surface area (Å²) >= 11 is 0. The molecule has 1 aromatic carbocycles. The number of aryl methyl sites for hydroxylation is 1. The van der Waals surface area contributed by atoms with E-state index in [-0.39, 0.29) is 18.2 Å². The van der Waals surface area contributed by atoms with Crippen LogP contribution in [-0.2, 0) is 9.59 Å². The van der Waals surface area contributed by atoms with Crippen molar-refractivity contribution >= 4 is 17.5 Å². The van der Waals surface area contributed by atoms with E-state index < -0.39 is 6.04 Å². The van der Waals surface area contributed by atoms with E-state index in [1.165, 1.54) is 10.0 Å². The fourth-order valence-corrected chi connectivity index (χ4v) is 2.09. The molecule has 0 bridgehead atoms. The van der Waals surface area contributed by atoms with Crippen LogP contribution in [0.5, 0.6) is 0 Å². The first-order valence-electron chi connectivity index (χ1n) is 5.86. The minimum absolute atomic E-state index is 0.171. The van der Waals surface area contributed by atoms with Gasteiger partial charge in [-0.1, -0.05) is 12.1 Å². The maximum atomic E-state index is 12.0. The van der Waals surface area contributed by atoms with Gasteiger partial charge in [-0.2, -0.15) is 0 Å². The van der Waals surface area contributed by atoms with Crippen LogP contribution in [0, 0.1) is 6.92 Å². The summed E-state index contributed by atoms with van der Waals surface area (Å²) in [6, 6.07) is 7.28. The van der Waals surface area contributed by atoms with Gasteiger partial charge in [-0.05, 0) is 24.6 Å². The van der Waals surface area contributed by atoms with Crippen molar-refractivity contribution in [1.29, 1.82) is 0 Å². The lowest BCUT2D eigenvalue weighted by Crippen LogP contribution is -2.43. The largest absolute Gasteiger partial charge is 0.373 e. The summed E-state index contributed by atoms with van der Waals surface area (Å²) in [4.78, 5) is 23.8. The molecule has 1 saturated heterocycles. The molecule has 0 aliphatic carbocycles. The van der Waals surface area contributed by atoms with Crippen LogP contribution in [0.1, 0.15) is 12.0 Å². The molecule has 2 amide bonds. The average molecular weight is 247 g/mol. The summed E-state index contributed by atoms with van der Waals surface area (Å²) in [5.74, 6) is -0.373. The smallest absolute Gasteiger partial charge is 0.266 e. The van der Waals surface area contributed by atoms with E-state index in [0.717, 1.165) is 11.3 Å². The maximum absolute atomic E-state index is 12.0. The van der Waals surface area contributed by atoms with Crippen molar-refractivity contribution in [1.82, 2.24) is 10.0 Å². The molecule has 1 aromatic rings. The van der Waals surface area contributed by atoms with Crippen LogP contribution >= 0.6 is 0 Å². The van der Waals surface area contributed by atoms with Crippen molar-refractivity contribution in [2.45, 2.75) is 19.4 Å². The number of nitrogens with zero attached hydrogens (tertiary/aromatic N) is 2. The molecule has 1 atom stereocenters. The lowest BCUT2D eigenvalue weighted by molar-refractivity contribution is -0.152. The zero-order chi connectivity index (χ0) is 13.3. The Kier molecular flexibility index (Phi) is 3.34. The first-order chi connectivity index (χ1) is 8.49. The minimum atomic E-state index is -0.471. The second-order valence-corrected chi connectivity index (χ2v) is 4.66. The van der Waals surface area contributed by atoms with E-state index in [1.54, 1.807) is 14.1 Å². The SMILES string of the molecule is Cc1cccc(N[C@H]2CC(=O)N(N(C)C)C2=O)c1. The Morgan fingerprint density at radius 3 is 2.61 bits per heavy atom. The van der Waals surface area contributed by atoms with Gasteiger partial charge < -0.3 is 5.32 Å². The van der Waals surface area contributed by atoms with Gasteiger partial charge in [-0.3, -0.25) is 9.59 Å². The van der Waals surface area contributed by atoms with Gasteiger partial charge in [0, 0.05) is 19.8 Å². The number of anilines is 1. The van der Waals surface area contributed by atoms with Gasteiger partial charge in [0.25, 0.3) is 5.91 Å². The topological polar surface area (TPSA) is 52.7 Å². The Balaban J connectivity index is 2.12. The number of carbonyl (C=O) groups excluding carboxylic acids is 2. The van der Waals surface area contributed by atoms with Gasteiger partial charge in [0.15, 0.2) is 0 Å². The van der Waals surface area contributed by atoms with Crippen LogP contribution in [0.15, 0.2) is 24.3 Å². The fourth-order valence-electron chi connectivity index (χ4n) is 2.09. The molecule has 0 aromatic heterocycles. The summed E-state index contributed by atoms with van der Waals surface area (Å²) < 4.78 is 0. The fraction of sp³-hybridized carbons (Fsp3) is 0.385. The molecule has 0 radical (unpaired) electrons. The molecule has 0 spiro atoms. The summed E-state index contributed by atoms with van der Waals surface area (Å²) in [5.41, 5.74) is 1.97. The number of amides is 2. The van der Waals surface area contributed by atoms with Gasteiger partial charge in [0.05, 0.1) is 6.42 Å². The third-order valence-corrected chi connectivity index (χ3v) is 2.88. The third kappa shape index (κ3) is 2.36. The van der Waals surface area contributed by atoms with Crippen LogP contribution in [-0.4, -0.2) is 42.0 Å². The van der Waals surface area contributed by atoms with E-state index >= 15 is 0 Å². The molecule has 18 heavy (non-hydrogen) atoms. The molecule has 5 heteroatoms. The monoisotopic (exact) mass is 247 g/mol. The number of hydrogen-bond donors (Lipinski definition) is 1. The van der Waals surface area contributed by atoms with E-state index in [9.17, 15) is 9.59 Å². The van der Waals surface area contributed by atoms with Crippen LogP contribution < -0.4 is 5.32 Å². The maximum Gasteiger partial charge on any atom is 0.266 e. The van der Waals surface area contributed by atoms with Gasteiger partial charge in [0.2, 0.25) is 5.91 Å². The molecular weight excluding hydrogens is 230 g/mol. The second-order valence-electron chi connectivity index (χ2n) is 4.66. The van der Waals surface area contributed by atoms with Gasteiger partial charge >= 0.3 is 0 Å². The lowest BCUT2D eigenvalue weighted by Gasteiger charge is -2.22. The van der Waals surface area contributed by atoms with Crippen molar-refractivity contribution in [3.8, 4) is 0 Å². The molecule has 96 valence electrons. The zero-order valence-electron chi connectivity index (χ0n) is 10.8. The van der Waals surface area contributed by atoms with Crippen LogP contribution in [0.25, 0.3) is 0 Å². The van der Waals surface area contributed by atoms with Crippen LogP contribution in [0.2, 0.25) is 0 Å². The number of imide groups is 1. The second kappa shape index (κ2) is 4.78. The van der Waals surface area contributed by atoms with Crippen molar-refractivity contribution < 1.29 is 9.59 Å². The van der Waals surface area contributed by atoms with Gasteiger partial charge in [0.1, 0.15) is 6.04 Å². The molecule has 2 rings (SSSR count). The number of hydrogen-bond acceptors (Lipinski definition) is 4. The minimum Gasteiger partial charge on any atom is -0.373 e. The van der Waals surface area contributed by atoms with Crippen LogP contribution in [0.3, 0.4) is 0 Å². The quantitative estimate of drug-likeness (QED) is 0.810. The molecule has 0 saturated carbocycles. The number of rotatable bonds is 3. The molecule has 1 aliphatic rings. The third-order valence-electron chi connectivity index (χ3n) is 2.88. The molecule has 1 fully saturated rings. The Labute approximate surface area is 106 Å². The average Bonchev–Trinajstić information content (AvgIpc) is 2.54. The van der Waals surface area contributed by atoms with Crippen LogP contribution in [0.4, 0.5) is 5.69 Å². The zero-order valence-corrected chi connectivity index (χ0v) is 10.8. The van der Waals surface area contributed by atoms with E-state index in [0.29, 0.717) is 0 Å². The Morgan fingerprint density at radius 1 is 1.33 bits per heavy atom. The first kappa shape index (κ1) is 12.6. The Hall–Kier alpha value is -1.88. The van der Waals surface area contributed by atoms with Crippen molar-refractivity contribution in [3.63, 3.8) is 0 Å². The Morgan fingerprint density at radius 2 is 2.06 bits per heavy atom. The van der Waals surface area contributed by atoms with Gasteiger partial charge in [-0.25, -0.2) is 10.0 Å². The van der Waals surface area contributed by atoms with Gasteiger partial charge in [-0.15, -0.1) is 0 Å².